The molecule has 1 saturated carbocycles. The summed E-state index contributed by atoms with van der Waals surface area (Å²) in [7, 11) is 0. The molecule has 0 radical (unpaired) electrons. The van der Waals surface area contributed by atoms with Crippen LogP contribution in [0.4, 0.5) is 0 Å². The number of piperidine rings is 1. The minimum Gasteiger partial charge on any atom is -0.393 e. The summed E-state index contributed by atoms with van der Waals surface area (Å²) in [5.74, 6) is 1.45. The average Bonchev–Trinajstić information content (AvgIpc) is 2.38. The predicted octanol–water partition coefficient (Wildman–Crippen LogP) is 1.38. The molecule has 0 aromatic rings. The molecule has 2 N–H and O–H groups in total. The number of aliphatic hydroxyl groups is 1. The van der Waals surface area contributed by atoms with E-state index in [-0.39, 0.29) is 12.0 Å². The number of aliphatic hydroxyl groups excluding tert-OH is 1. The van der Waals surface area contributed by atoms with E-state index < -0.39 is 0 Å². The van der Waals surface area contributed by atoms with Gasteiger partial charge in [-0.05, 0) is 31.1 Å². The molecule has 0 aromatic carbocycles. The second-order valence-electron chi connectivity index (χ2n) is 6.45. The fourth-order valence-electron chi connectivity index (χ4n) is 3.32. The van der Waals surface area contributed by atoms with E-state index in [0.717, 1.165) is 32.4 Å². The van der Waals surface area contributed by atoms with Crippen LogP contribution in [0, 0.1) is 11.8 Å². The van der Waals surface area contributed by atoms with Gasteiger partial charge in [-0.3, -0.25) is 9.69 Å². The third-order valence-electron chi connectivity index (χ3n) is 4.98. The molecule has 1 saturated heterocycles. The summed E-state index contributed by atoms with van der Waals surface area (Å²) in [6, 6.07) is 0.353. The van der Waals surface area contributed by atoms with Crippen molar-refractivity contribution in [1.82, 2.24) is 10.2 Å². The van der Waals surface area contributed by atoms with Crippen molar-refractivity contribution in [2.24, 2.45) is 11.8 Å². The largest absolute Gasteiger partial charge is 0.393 e. The van der Waals surface area contributed by atoms with Crippen molar-refractivity contribution in [2.45, 2.75) is 58.1 Å². The molecular weight excluding hydrogens is 240 g/mol. The third kappa shape index (κ3) is 4.18. The maximum atomic E-state index is 12.1. The van der Waals surface area contributed by atoms with Crippen LogP contribution < -0.4 is 5.32 Å². The molecule has 0 bridgehead atoms. The number of carbonyl (C=O) groups is 1. The van der Waals surface area contributed by atoms with Crippen LogP contribution in [0.15, 0.2) is 0 Å². The lowest BCUT2D eigenvalue weighted by Crippen LogP contribution is -2.48. The van der Waals surface area contributed by atoms with Crippen molar-refractivity contribution in [1.29, 1.82) is 0 Å². The standard InChI is InChI=1S/C15H28N2O2/c1-11-4-3-5-14(12(11)2)16-15(19)10-17-8-6-13(18)7-9-17/h11-14,18H,3-10H2,1-2H3,(H,16,19). The van der Waals surface area contributed by atoms with E-state index >= 15 is 0 Å². The molecule has 2 fully saturated rings. The van der Waals surface area contributed by atoms with Crippen molar-refractivity contribution in [3.8, 4) is 0 Å². The molecule has 19 heavy (non-hydrogen) atoms. The van der Waals surface area contributed by atoms with E-state index in [1.54, 1.807) is 0 Å². The van der Waals surface area contributed by atoms with Crippen LogP contribution in [0.5, 0.6) is 0 Å². The Morgan fingerprint density at radius 3 is 2.58 bits per heavy atom. The minimum atomic E-state index is -0.168. The maximum absolute atomic E-state index is 12.1. The molecule has 1 aliphatic carbocycles. The Morgan fingerprint density at radius 1 is 1.21 bits per heavy atom. The number of carbonyl (C=O) groups excluding carboxylic acids is 1. The van der Waals surface area contributed by atoms with Crippen LogP contribution in [0.1, 0.15) is 46.0 Å². The fraction of sp³-hybridized carbons (Fsp3) is 0.933. The van der Waals surface area contributed by atoms with Crippen LogP contribution in [0.25, 0.3) is 0 Å². The summed E-state index contributed by atoms with van der Waals surface area (Å²) in [4.78, 5) is 14.2. The van der Waals surface area contributed by atoms with Crippen LogP contribution in [0.2, 0.25) is 0 Å². The van der Waals surface area contributed by atoms with E-state index in [4.69, 9.17) is 0 Å². The van der Waals surface area contributed by atoms with E-state index in [2.05, 4.69) is 24.1 Å². The topological polar surface area (TPSA) is 52.6 Å². The number of hydrogen-bond acceptors (Lipinski definition) is 3. The van der Waals surface area contributed by atoms with Gasteiger partial charge in [0.2, 0.25) is 5.91 Å². The Morgan fingerprint density at radius 2 is 1.89 bits per heavy atom. The van der Waals surface area contributed by atoms with Gasteiger partial charge in [-0.1, -0.05) is 26.7 Å². The first-order valence-electron chi connectivity index (χ1n) is 7.76. The molecule has 1 aliphatic heterocycles. The van der Waals surface area contributed by atoms with Crippen molar-refractivity contribution < 1.29 is 9.90 Å². The minimum absolute atomic E-state index is 0.155. The van der Waals surface area contributed by atoms with Crippen molar-refractivity contribution in [3.63, 3.8) is 0 Å². The van der Waals surface area contributed by atoms with Gasteiger partial charge in [0.1, 0.15) is 0 Å². The molecule has 2 aliphatic rings. The Labute approximate surface area is 116 Å². The van der Waals surface area contributed by atoms with Gasteiger partial charge < -0.3 is 10.4 Å². The SMILES string of the molecule is CC1CCCC(NC(=O)CN2CCC(O)CC2)C1C. The van der Waals surface area contributed by atoms with Crippen LogP contribution in [0.3, 0.4) is 0 Å². The van der Waals surface area contributed by atoms with Crippen LogP contribution >= 0.6 is 0 Å². The molecular formula is C15H28N2O2. The lowest BCUT2D eigenvalue weighted by molar-refractivity contribution is -0.124. The summed E-state index contributed by atoms with van der Waals surface area (Å²) in [5.41, 5.74) is 0. The summed E-state index contributed by atoms with van der Waals surface area (Å²) in [6.45, 7) is 6.71. The average molecular weight is 268 g/mol. The van der Waals surface area contributed by atoms with Gasteiger partial charge in [-0.2, -0.15) is 0 Å². The summed E-state index contributed by atoms with van der Waals surface area (Å²) < 4.78 is 0. The van der Waals surface area contributed by atoms with Gasteiger partial charge in [0, 0.05) is 19.1 Å². The first-order chi connectivity index (χ1) is 9.06. The highest BCUT2D eigenvalue weighted by Crippen LogP contribution is 2.29. The maximum Gasteiger partial charge on any atom is 0.234 e. The van der Waals surface area contributed by atoms with Crippen LogP contribution in [-0.2, 0) is 4.79 Å². The quantitative estimate of drug-likeness (QED) is 0.813. The van der Waals surface area contributed by atoms with Gasteiger partial charge in [-0.25, -0.2) is 0 Å². The zero-order valence-electron chi connectivity index (χ0n) is 12.3. The van der Waals surface area contributed by atoms with Gasteiger partial charge in [0.15, 0.2) is 0 Å². The summed E-state index contributed by atoms with van der Waals surface area (Å²) in [5, 5.41) is 12.7. The fourth-order valence-corrected chi connectivity index (χ4v) is 3.32. The van der Waals surface area contributed by atoms with E-state index in [9.17, 15) is 9.90 Å². The Hall–Kier alpha value is -0.610. The van der Waals surface area contributed by atoms with Crippen molar-refractivity contribution >= 4 is 5.91 Å². The highest BCUT2D eigenvalue weighted by molar-refractivity contribution is 5.78. The number of nitrogens with zero attached hydrogens (tertiary/aromatic N) is 1. The molecule has 3 unspecified atom stereocenters. The Bertz CT molecular complexity index is 301. The Kier molecular flexibility index (Phi) is 5.22. The zero-order valence-corrected chi connectivity index (χ0v) is 12.3. The van der Waals surface area contributed by atoms with E-state index in [1.165, 1.54) is 12.8 Å². The lowest BCUT2D eigenvalue weighted by Gasteiger charge is -2.35. The molecule has 0 aromatic heterocycles. The molecule has 110 valence electrons. The van der Waals surface area contributed by atoms with Crippen molar-refractivity contribution in [2.75, 3.05) is 19.6 Å². The highest BCUT2D eigenvalue weighted by atomic mass is 16.3. The van der Waals surface area contributed by atoms with Crippen molar-refractivity contribution in [3.05, 3.63) is 0 Å². The molecule has 3 atom stereocenters. The smallest absolute Gasteiger partial charge is 0.234 e. The van der Waals surface area contributed by atoms with E-state index in [1.807, 2.05) is 0 Å². The highest BCUT2D eigenvalue weighted by Gasteiger charge is 2.28. The van der Waals surface area contributed by atoms with Gasteiger partial charge in [-0.15, -0.1) is 0 Å². The predicted molar refractivity (Wildman–Crippen MR) is 75.8 cm³/mol. The first-order valence-corrected chi connectivity index (χ1v) is 7.76. The van der Waals surface area contributed by atoms with Crippen LogP contribution in [-0.4, -0.2) is 47.7 Å². The first kappa shape index (κ1) is 14.8. The third-order valence-corrected chi connectivity index (χ3v) is 4.98. The van der Waals surface area contributed by atoms with Gasteiger partial charge >= 0.3 is 0 Å². The van der Waals surface area contributed by atoms with E-state index in [0.29, 0.717) is 24.4 Å². The summed E-state index contributed by atoms with van der Waals surface area (Å²) in [6.07, 6.45) is 5.06. The summed E-state index contributed by atoms with van der Waals surface area (Å²) >= 11 is 0. The molecule has 1 amide bonds. The lowest BCUT2D eigenvalue weighted by atomic mass is 9.78. The number of rotatable bonds is 3. The Balaban J connectivity index is 1.74. The number of amides is 1. The molecule has 4 heteroatoms. The second-order valence-corrected chi connectivity index (χ2v) is 6.45. The number of likely N-dealkylation sites (tertiary alicyclic amines) is 1. The number of nitrogens with one attached hydrogen (secondary N) is 1. The second kappa shape index (κ2) is 6.71. The monoisotopic (exact) mass is 268 g/mol. The molecule has 1 heterocycles. The number of hydrogen-bond donors (Lipinski definition) is 2. The van der Waals surface area contributed by atoms with Gasteiger partial charge in [0.25, 0.3) is 0 Å². The zero-order chi connectivity index (χ0) is 13.8. The molecule has 0 spiro atoms. The molecule has 4 nitrogen and oxygen atoms in total. The molecule has 2 rings (SSSR count). The normalized spacial score (nSPS) is 34.2. The van der Waals surface area contributed by atoms with Gasteiger partial charge in [0.05, 0.1) is 12.6 Å².